The Morgan fingerprint density at radius 1 is 1.50 bits per heavy atom. The molecule has 0 fully saturated rings. The van der Waals surface area contributed by atoms with Crippen LogP contribution in [0.15, 0.2) is 35.2 Å². The zero-order valence-corrected chi connectivity index (χ0v) is 9.95. The second-order valence-corrected chi connectivity index (χ2v) is 4.15. The van der Waals surface area contributed by atoms with Gasteiger partial charge in [0, 0.05) is 10.7 Å². The lowest BCUT2D eigenvalue weighted by molar-refractivity contribution is 1.07. The maximum atomic E-state index is 8.94. The molecule has 0 saturated carbocycles. The second kappa shape index (κ2) is 4.81. The van der Waals surface area contributed by atoms with E-state index in [1.807, 2.05) is 12.1 Å². The van der Waals surface area contributed by atoms with Gasteiger partial charge in [-0.25, -0.2) is 4.98 Å². The Hall–Kier alpha value is -1.80. The van der Waals surface area contributed by atoms with Crippen molar-refractivity contribution in [2.75, 3.05) is 5.32 Å². The first-order valence-corrected chi connectivity index (χ1v) is 5.49. The fourth-order valence-electron chi connectivity index (χ4n) is 1.33. The highest BCUT2D eigenvalue weighted by atomic mass is 79.9. The van der Waals surface area contributed by atoms with Crippen LogP contribution in [0.5, 0.6) is 0 Å². The van der Waals surface area contributed by atoms with Gasteiger partial charge in [-0.2, -0.15) is 5.26 Å². The summed E-state index contributed by atoms with van der Waals surface area (Å²) in [5, 5.41) is 12.1. The number of aromatic amines is 1. The highest BCUT2D eigenvalue weighted by molar-refractivity contribution is 9.10. The summed E-state index contributed by atoms with van der Waals surface area (Å²) < 4.78 is 0.943. The summed E-state index contributed by atoms with van der Waals surface area (Å²) in [6.45, 7) is 0.616. The largest absolute Gasteiger partial charge is 0.378 e. The number of nitriles is 1. The maximum absolute atomic E-state index is 8.94. The van der Waals surface area contributed by atoms with Crippen LogP contribution >= 0.6 is 15.9 Å². The minimum Gasteiger partial charge on any atom is -0.378 e. The van der Waals surface area contributed by atoms with E-state index in [4.69, 9.17) is 5.26 Å². The summed E-state index contributed by atoms with van der Waals surface area (Å²) in [5.74, 6) is 0. The Morgan fingerprint density at radius 2 is 2.38 bits per heavy atom. The predicted octanol–water partition coefficient (Wildman–Crippen LogP) is 2.66. The van der Waals surface area contributed by atoms with E-state index in [1.54, 1.807) is 18.6 Å². The van der Waals surface area contributed by atoms with Crippen molar-refractivity contribution in [1.82, 2.24) is 9.97 Å². The summed E-state index contributed by atoms with van der Waals surface area (Å²) in [5.41, 5.74) is 2.41. The quantitative estimate of drug-likeness (QED) is 0.906. The molecule has 0 aliphatic rings. The van der Waals surface area contributed by atoms with Crippen LogP contribution in [0.4, 0.5) is 5.69 Å². The van der Waals surface area contributed by atoms with Crippen LogP contribution in [-0.4, -0.2) is 9.97 Å². The number of hydrogen-bond donors (Lipinski definition) is 2. The number of halogens is 1. The molecule has 80 valence electrons. The van der Waals surface area contributed by atoms with E-state index in [1.165, 1.54) is 0 Å². The molecule has 4 nitrogen and oxygen atoms in total. The van der Waals surface area contributed by atoms with Crippen LogP contribution in [0.25, 0.3) is 0 Å². The first-order valence-electron chi connectivity index (χ1n) is 4.70. The van der Waals surface area contributed by atoms with Crippen LogP contribution in [0.3, 0.4) is 0 Å². The second-order valence-electron chi connectivity index (χ2n) is 3.23. The standard InChI is InChI=1S/C11H9BrN4/c12-9-2-1-8(4-13)11(3-9)15-6-10-5-14-7-16-10/h1-3,5,7,15H,6H2,(H,14,16). The summed E-state index contributed by atoms with van der Waals surface area (Å²) in [7, 11) is 0. The molecule has 0 saturated heterocycles. The summed E-state index contributed by atoms with van der Waals surface area (Å²) >= 11 is 3.37. The predicted molar refractivity (Wildman–Crippen MR) is 64.8 cm³/mol. The SMILES string of the molecule is N#Cc1ccc(Br)cc1NCc1cnc[nH]1. The smallest absolute Gasteiger partial charge is 0.101 e. The number of benzene rings is 1. The van der Waals surface area contributed by atoms with Crippen LogP contribution in [-0.2, 0) is 6.54 Å². The lowest BCUT2D eigenvalue weighted by atomic mass is 10.2. The van der Waals surface area contributed by atoms with Crippen LogP contribution in [0.2, 0.25) is 0 Å². The number of nitrogens with one attached hydrogen (secondary N) is 2. The molecule has 2 aromatic rings. The number of imidazole rings is 1. The van der Waals surface area contributed by atoms with Gasteiger partial charge in [0.15, 0.2) is 0 Å². The Labute approximate surface area is 101 Å². The van der Waals surface area contributed by atoms with Gasteiger partial charge in [0.05, 0.1) is 29.8 Å². The van der Waals surface area contributed by atoms with Gasteiger partial charge in [0.2, 0.25) is 0 Å². The minimum atomic E-state index is 0.616. The molecule has 2 rings (SSSR count). The van der Waals surface area contributed by atoms with E-state index in [9.17, 15) is 0 Å². The third kappa shape index (κ3) is 2.41. The highest BCUT2D eigenvalue weighted by Crippen LogP contribution is 2.21. The molecule has 1 aromatic carbocycles. The zero-order valence-electron chi connectivity index (χ0n) is 8.37. The van der Waals surface area contributed by atoms with Crippen molar-refractivity contribution in [1.29, 1.82) is 5.26 Å². The van der Waals surface area contributed by atoms with Crippen LogP contribution < -0.4 is 5.32 Å². The molecule has 16 heavy (non-hydrogen) atoms. The number of anilines is 1. The van der Waals surface area contributed by atoms with Crippen molar-refractivity contribution in [2.45, 2.75) is 6.54 Å². The molecule has 0 aliphatic heterocycles. The van der Waals surface area contributed by atoms with Gasteiger partial charge in [-0.3, -0.25) is 0 Å². The molecule has 0 atom stereocenters. The summed E-state index contributed by atoms with van der Waals surface area (Å²) in [6, 6.07) is 7.65. The molecule has 2 N–H and O–H groups in total. The fraction of sp³-hybridized carbons (Fsp3) is 0.0909. The lowest BCUT2D eigenvalue weighted by Crippen LogP contribution is -2.01. The molecule has 1 aromatic heterocycles. The average Bonchev–Trinajstić information content (AvgIpc) is 2.79. The first kappa shape index (κ1) is 10.7. The molecule has 0 unspecified atom stereocenters. The summed E-state index contributed by atoms with van der Waals surface area (Å²) in [4.78, 5) is 6.92. The Bertz CT molecular complexity index is 513. The fourth-order valence-corrected chi connectivity index (χ4v) is 1.69. The van der Waals surface area contributed by atoms with Gasteiger partial charge in [-0.1, -0.05) is 15.9 Å². The van der Waals surface area contributed by atoms with E-state index < -0.39 is 0 Å². The Balaban J connectivity index is 2.15. The van der Waals surface area contributed by atoms with Crippen molar-refractivity contribution >= 4 is 21.6 Å². The maximum Gasteiger partial charge on any atom is 0.101 e. The third-order valence-electron chi connectivity index (χ3n) is 2.13. The number of nitrogens with zero attached hydrogens (tertiary/aromatic N) is 2. The van der Waals surface area contributed by atoms with E-state index >= 15 is 0 Å². The monoisotopic (exact) mass is 276 g/mol. The Morgan fingerprint density at radius 3 is 3.06 bits per heavy atom. The topological polar surface area (TPSA) is 64.5 Å². The van der Waals surface area contributed by atoms with Gasteiger partial charge >= 0.3 is 0 Å². The van der Waals surface area contributed by atoms with Crippen LogP contribution in [0.1, 0.15) is 11.3 Å². The third-order valence-corrected chi connectivity index (χ3v) is 2.62. The van der Waals surface area contributed by atoms with Crippen molar-refractivity contribution in [3.05, 3.63) is 46.5 Å². The number of aromatic nitrogens is 2. The molecular weight excluding hydrogens is 268 g/mol. The number of hydrogen-bond acceptors (Lipinski definition) is 3. The van der Waals surface area contributed by atoms with E-state index in [2.05, 4.69) is 37.3 Å². The van der Waals surface area contributed by atoms with Crippen molar-refractivity contribution in [3.63, 3.8) is 0 Å². The number of rotatable bonds is 3. The van der Waals surface area contributed by atoms with E-state index in [-0.39, 0.29) is 0 Å². The van der Waals surface area contributed by atoms with Crippen molar-refractivity contribution < 1.29 is 0 Å². The first-order chi connectivity index (χ1) is 7.79. The summed E-state index contributed by atoms with van der Waals surface area (Å²) in [6.07, 6.45) is 3.38. The zero-order chi connectivity index (χ0) is 11.4. The molecule has 0 radical (unpaired) electrons. The molecule has 5 heteroatoms. The van der Waals surface area contributed by atoms with Gasteiger partial charge in [0.1, 0.15) is 6.07 Å². The van der Waals surface area contributed by atoms with E-state index in [0.29, 0.717) is 12.1 Å². The average molecular weight is 277 g/mol. The molecule has 1 heterocycles. The Kier molecular flexibility index (Phi) is 3.22. The highest BCUT2D eigenvalue weighted by Gasteiger charge is 2.02. The molecule has 0 bridgehead atoms. The molecule has 0 spiro atoms. The van der Waals surface area contributed by atoms with Gasteiger partial charge < -0.3 is 10.3 Å². The van der Waals surface area contributed by atoms with Crippen molar-refractivity contribution in [3.8, 4) is 6.07 Å². The van der Waals surface area contributed by atoms with Crippen LogP contribution in [0, 0.1) is 11.3 Å². The van der Waals surface area contributed by atoms with Crippen molar-refractivity contribution in [2.24, 2.45) is 0 Å². The lowest BCUT2D eigenvalue weighted by Gasteiger charge is -2.07. The molecule has 0 amide bonds. The van der Waals surface area contributed by atoms with Gasteiger partial charge in [-0.05, 0) is 18.2 Å². The molecular formula is C11H9BrN4. The van der Waals surface area contributed by atoms with E-state index in [0.717, 1.165) is 15.9 Å². The minimum absolute atomic E-state index is 0.616. The molecule has 0 aliphatic carbocycles. The number of H-pyrrole nitrogens is 1. The van der Waals surface area contributed by atoms with Gasteiger partial charge in [0.25, 0.3) is 0 Å². The van der Waals surface area contributed by atoms with Gasteiger partial charge in [-0.15, -0.1) is 0 Å². The normalized spacial score (nSPS) is 9.75.